The molecule has 0 amide bonds. The van der Waals surface area contributed by atoms with Crippen molar-refractivity contribution in [2.24, 2.45) is 4.99 Å². The summed E-state index contributed by atoms with van der Waals surface area (Å²) in [6.07, 6.45) is 1.46. The summed E-state index contributed by atoms with van der Waals surface area (Å²) < 4.78 is 0. The molecule has 0 atom stereocenters. The zero-order valence-corrected chi connectivity index (χ0v) is 8.18. The fraction of sp³-hybridized carbons (Fsp3) is 0. The van der Waals surface area contributed by atoms with E-state index in [-0.39, 0.29) is 5.56 Å². The highest BCUT2D eigenvalue weighted by Crippen LogP contribution is 2.22. The Labute approximate surface area is 90.9 Å². The lowest BCUT2D eigenvalue weighted by atomic mass is 10.1. The number of hydrogen-bond donors (Lipinski definition) is 1. The lowest BCUT2D eigenvalue weighted by Crippen LogP contribution is -1.94. The van der Waals surface area contributed by atoms with E-state index in [0.717, 1.165) is 10.8 Å². The van der Waals surface area contributed by atoms with Gasteiger partial charge in [0, 0.05) is 0 Å². The third kappa shape index (κ3) is 1.82. The number of carboxylic acids is 1. The molecular formula is C12H7NO3. The predicted molar refractivity (Wildman–Crippen MR) is 58.7 cm³/mol. The van der Waals surface area contributed by atoms with Gasteiger partial charge in [0.2, 0.25) is 6.08 Å². The third-order valence-electron chi connectivity index (χ3n) is 2.25. The topological polar surface area (TPSA) is 66.7 Å². The van der Waals surface area contributed by atoms with Gasteiger partial charge in [0.05, 0.1) is 11.3 Å². The molecule has 0 saturated heterocycles. The van der Waals surface area contributed by atoms with Gasteiger partial charge in [-0.2, -0.15) is 4.99 Å². The Bertz CT molecular complexity index is 571. The molecule has 0 radical (unpaired) electrons. The molecule has 0 saturated carbocycles. The van der Waals surface area contributed by atoms with Crippen molar-refractivity contribution in [3.05, 3.63) is 42.0 Å². The number of aromatic carboxylic acids is 1. The molecule has 0 aliphatic rings. The van der Waals surface area contributed by atoms with Crippen LogP contribution in [0.25, 0.3) is 10.8 Å². The Hall–Kier alpha value is -2.45. The van der Waals surface area contributed by atoms with Crippen molar-refractivity contribution in [1.29, 1.82) is 0 Å². The van der Waals surface area contributed by atoms with Crippen molar-refractivity contribution >= 4 is 28.5 Å². The number of nitrogens with zero attached hydrogens (tertiary/aromatic N) is 1. The molecule has 0 bridgehead atoms. The van der Waals surface area contributed by atoms with Crippen LogP contribution in [0.15, 0.2) is 41.4 Å². The van der Waals surface area contributed by atoms with Crippen LogP contribution in [0.4, 0.5) is 5.69 Å². The summed E-state index contributed by atoms with van der Waals surface area (Å²) in [5, 5.41) is 10.4. The molecule has 2 rings (SSSR count). The molecule has 0 heterocycles. The van der Waals surface area contributed by atoms with Gasteiger partial charge in [-0.1, -0.05) is 12.1 Å². The molecule has 4 nitrogen and oxygen atoms in total. The number of hydrogen-bond acceptors (Lipinski definition) is 3. The molecule has 0 aromatic heterocycles. The van der Waals surface area contributed by atoms with Crippen molar-refractivity contribution < 1.29 is 14.7 Å². The summed E-state index contributed by atoms with van der Waals surface area (Å²) in [6.45, 7) is 0. The van der Waals surface area contributed by atoms with Crippen LogP contribution in [0, 0.1) is 0 Å². The Balaban J connectivity index is 2.61. The van der Waals surface area contributed by atoms with Crippen LogP contribution < -0.4 is 0 Å². The first-order valence-electron chi connectivity index (χ1n) is 4.56. The predicted octanol–water partition coefficient (Wildman–Crippen LogP) is 2.51. The van der Waals surface area contributed by atoms with Gasteiger partial charge in [0.1, 0.15) is 0 Å². The van der Waals surface area contributed by atoms with Crippen LogP contribution in [0.5, 0.6) is 0 Å². The van der Waals surface area contributed by atoms with E-state index >= 15 is 0 Å². The number of carbonyl (C=O) groups is 1. The minimum Gasteiger partial charge on any atom is -0.478 e. The molecule has 0 aliphatic heterocycles. The average molecular weight is 213 g/mol. The summed E-state index contributed by atoms with van der Waals surface area (Å²) >= 11 is 0. The number of isocyanates is 1. The lowest BCUT2D eigenvalue weighted by molar-refractivity contribution is 0.0697. The maximum absolute atomic E-state index is 10.7. The van der Waals surface area contributed by atoms with E-state index in [1.54, 1.807) is 30.3 Å². The fourth-order valence-corrected chi connectivity index (χ4v) is 1.49. The van der Waals surface area contributed by atoms with Crippen molar-refractivity contribution in [3.63, 3.8) is 0 Å². The normalized spacial score (nSPS) is 9.75. The van der Waals surface area contributed by atoms with Crippen molar-refractivity contribution in [2.45, 2.75) is 0 Å². The number of carbonyl (C=O) groups excluding carboxylic acids is 1. The van der Waals surface area contributed by atoms with E-state index in [0.29, 0.717) is 5.69 Å². The summed E-state index contributed by atoms with van der Waals surface area (Å²) in [5.41, 5.74) is 0.740. The molecule has 1 N–H and O–H groups in total. The smallest absolute Gasteiger partial charge is 0.335 e. The van der Waals surface area contributed by atoms with Crippen molar-refractivity contribution in [3.8, 4) is 0 Å². The van der Waals surface area contributed by atoms with Gasteiger partial charge in [-0.05, 0) is 35.0 Å². The highest BCUT2D eigenvalue weighted by molar-refractivity contribution is 5.95. The van der Waals surface area contributed by atoms with Crippen molar-refractivity contribution in [1.82, 2.24) is 0 Å². The summed E-state index contributed by atoms with van der Waals surface area (Å²) in [6, 6.07) is 9.83. The highest BCUT2D eigenvalue weighted by atomic mass is 16.4. The third-order valence-corrected chi connectivity index (χ3v) is 2.25. The van der Waals surface area contributed by atoms with E-state index in [1.165, 1.54) is 12.1 Å². The Kier molecular flexibility index (Phi) is 2.50. The maximum Gasteiger partial charge on any atom is 0.335 e. The van der Waals surface area contributed by atoms with E-state index in [2.05, 4.69) is 4.99 Å². The highest BCUT2D eigenvalue weighted by Gasteiger charge is 2.03. The minimum atomic E-state index is -0.961. The average Bonchev–Trinajstić information content (AvgIpc) is 2.28. The number of rotatable bonds is 2. The molecule has 2 aromatic rings. The molecular weight excluding hydrogens is 206 g/mol. The number of fused-ring (bicyclic) bond motifs is 1. The van der Waals surface area contributed by atoms with Gasteiger partial charge in [0.25, 0.3) is 0 Å². The number of aliphatic imine (C=N–C) groups is 1. The molecule has 78 valence electrons. The van der Waals surface area contributed by atoms with E-state index in [4.69, 9.17) is 5.11 Å². The fourth-order valence-electron chi connectivity index (χ4n) is 1.49. The largest absolute Gasteiger partial charge is 0.478 e. The zero-order valence-electron chi connectivity index (χ0n) is 8.18. The monoisotopic (exact) mass is 213 g/mol. The first kappa shape index (κ1) is 10.1. The number of carboxylic acid groups (broad SMARTS) is 1. The van der Waals surface area contributed by atoms with Crippen molar-refractivity contribution in [2.75, 3.05) is 0 Å². The molecule has 16 heavy (non-hydrogen) atoms. The van der Waals surface area contributed by atoms with Gasteiger partial charge < -0.3 is 5.11 Å². The lowest BCUT2D eigenvalue weighted by Gasteiger charge is -2.00. The Morgan fingerprint density at radius 3 is 2.50 bits per heavy atom. The molecule has 0 spiro atoms. The quantitative estimate of drug-likeness (QED) is 0.615. The second-order valence-corrected chi connectivity index (χ2v) is 3.25. The Morgan fingerprint density at radius 2 is 1.81 bits per heavy atom. The molecule has 0 unspecified atom stereocenters. The van der Waals surface area contributed by atoms with Crippen LogP contribution in [0.1, 0.15) is 10.4 Å². The van der Waals surface area contributed by atoms with E-state index < -0.39 is 5.97 Å². The first-order chi connectivity index (χ1) is 7.70. The van der Waals surface area contributed by atoms with Crippen LogP contribution in [-0.2, 0) is 4.79 Å². The second-order valence-electron chi connectivity index (χ2n) is 3.25. The Morgan fingerprint density at radius 1 is 1.12 bits per heavy atom. The first-order valence-corrected chi connectivity index (χ1v) is 4.56. The van der Waals surface area contributed by atoms with Crippen LogP contribution in [0.3, 0.4) is 0 Å². The van der Waals surface area contributed by atoms with E-state index in [9.17, 15) is 9.59 Å². The van der Waals surface area contributed by atoms with Gasteiger partial charge in [0.15, 0.2) is 0 Å². The van der Waals surface area contributed by atoms with Gasteiger partial charge >= 0.3 is 5.97 Å². The standard InChI is InChI=1S/C12H7NO3/c14-7-13-11-4-3-8-5-10(12(15)16)2-1-9(8)6-11/h1-6H,(H,15,16). The summed E-state index contributed by atoms with van der Waals surface area (Å²) in [4.78, 5) is 24.3. The maximum atomic E-state index is 10.7. The van der Waals surface area contributed by atoms with E-state index in [1.807, 2.05) is 0 Å². The zero-order chi connectivity index (χ0) is 11.5. The second kappa shape index (κ2) is 3.96. The van der Waals surface area contributed by atoms with Crippen LogP contribution in [0.2, 0.25) is 0 Å². The minimum absolute atomic E-state index is 0.235. The summed E-state index contributed by atoms with van der Waals surface area (Å²) in [7, 11) is 0. The van der Waals surface area contributed by atoms with Crippen LogP contribution in [-0.4, -0.2) is 17.2 Å². The molecule has 2 aromatic carbocycles. The SMILES string of the molecule is O=C=Nc1ccc2cc(C(=O)O)ccc2c1. The van der Waals surface area contributed by atoms with Gasteiger partial charge in [-0.3, -0.25) is 0 Å². The summed E-state index contributed by atoms with van der Waals surface area (Å²) in [5.74, 6) is -0.961. The number of benzene rings is 2. The molecule has 4 heteroatoms. The molecule has 0 fully saturated rings. The van der Waals surface area contributed by atoms with Gasteiger partial charge in [-0.15, -0.1) is 0 Å². The van der Waals surface area contributed by atoms with Crippen LogP contribution >= 0.6 is 0 Å². The molecule has 0 aliphatic carbocycles. The van der Waals surface area contributed by atoms with Gasteiger partial charge in [-0.25, -0.2) is 9.59 Å².